The van der Waals surface area contributed by atoms with Gasteiger partial charge in [-0.05, 0) is 25.7 Å². The Labute approximate surface area is 220 Å². The molecule has 0 aromatic carbocycles. The van der Waals surface area contributed by atoms with Crippen LogP contribution in [0.5, 0.6) is 0 Å². The SMILES string of the molecule is CCCCCCCCCC/C=C/CC/C=C/C(O)C(COP(=O)([O-])OCC[N+](C)(C)C)NC(=O)CC. The lowest BCUT2D eigenvalue weighted by atomic mass is 10.1. The third-order valence-electron chi connectivity index (χ3n) is 5.73. The normalized spacial score (nSPS) is 15.9. The van der Waals surface area contributed by atoms with Crippen LogP contribution in [0.25, 0.3) is 0 Å². The summed E-state index contributed by atoms with van der Waals surface area (Å²) in [5.41, 5.74) is 0. The van der Waals surface area contributed by atoms with E-state index in [-0.39, 0.29) is 18.9 Å². The van der Waals surface area contributed by atoms with Crippen LogP contribution in [0.15, 0.2) is 24.3 Å². The molecular formula is C27H53N2O6P. The Bertz CT molecular complexity index is 663. The van der Waals surface area contributed by atoms with Crippen LogP contribution in [0.4, 0.5) is 0 Å². The molecule has 0 aliphatic rings. The van der Waals surface area contributed by atoms with Crippen LogP contribution in [-0.2, 0) is 18.4 Å². The zero-order chi connectivity index (χ0) is 27.3. The highest BCUT2D eigenvalue weighted by Crippen LogP contribution is 2.38. The minimum Gasteiger partial charge on any atom is -0.756 e. The maximum absolute atomic E-state index is 12.1. The Morgan fingerprint density at radius 3 is 2.14 bits per heavy atom. The van der Waals surface area contributed by atoms with E-state index in [0.29, 0.717) is 11.0 Å². The van der Waals surface area contributed by atoms with Crippen molar-refractivity contribution in [2.24, 2.45) is 0 Å². The fourth-order valence-electron chi connectivity index (χ4n) is 3.36. The second kappa shape index (κ2) is 21.0. The van der Waals surface area contributed by atoms with Crippen molar-refractivity contribution in [3.63, 3.8) is 0 Å². The summed E-state index contributed by atoms with van der Waals surface area (Å²) in [6, 6.07) is -0.893. The molecule has 0 aromatic rings. The van der Waals surface area contributed by atoms with Crippen LogP contribution >= 0.6 is 7.82 Å². The van der Waals surface area contributed by atoms with Crippen molar-refractivity contribution in [1.29, 1.82) is 0 Å². The van der Waals surface area contributed by atoms with Gasteiger partial charge in [0.05, 0.1) is 39.9 Å². The lowest BCUT2D eigenvalue weighted by molar-refractivity contribution is -0.870. The number of aliphatic hydroxyl groups excluding tert-OH is 1. The molecule has 0 saturated carbocycles. The molecule has 0 radical (unpaired) electrons. The Morgan fingerprint density at radius 1 is 0.944 bits per heavy atom. The average molecular weight is 533 g/mol. The molecule has 0 spiro atoms. The molecule has 2 N–H and O–H groups in total. The summed E-state index contributed by atoms with van der Waals surface area (Å²) in [7, 11) is 1.23. The van der Waals surface area contributed by atoms with Crippen molar-refractivity contribution < 1.29 is 32.9 Å². The summed E-state index contributed by atoms with van der Waals surface area (Å²) >= 11 is 0. The molecule has 212 valence electrons. The van der Waals surface area contributed by atoms with E-state index in [0.717, 1.165) is 19.3 Å². The molecule has 0 bridgehead atoms. The van der Waals surface area contributed by atoms with Crippen LogP contribution in [0.1, 0.15) is 90.9 Å². The smallest absolute Gasteiger partial charge is 0.268 e. The first-order valence-corrected chi connectivity index (χ1v) is 15.2. The quantitative estimate of drug-likeness (QED) is 0.0841. The van der Waals surface area contributed by atoms with Crippen molar-refractivity contribution in [3.8, 4) is 0 Å². The Hall–Kier alpha value is -1.02. The molecular weight excluding hydrogens is 479 g/mol. The second-order valence-corrected chi connectivity index (χ2v) is 11.8. The predicted molar refractivity (Wildman–Crippen MR) is 145 cm³/mol. The molecule has 9 heteroatoms. The van der Waals surface area contributed by atoms with Gasteiger partial charge in [0, 0.05) is 6.42 Å². The Balaban J connectivity index is 4.33. The predicted octanol–water partition coefficient (Wildman–Crippen LogP) is 4.87. The van der Waals surface area contributed by atoms with Gasteiger partial charge < -0.3 is 28.8 Å². The molecule has 3 atom stereocenters. The van der Waals surface area contributed by atoms with Crippen molar-refractivity contribution in [2.75, 3.05) is 40.9 Å². The maximum Gasteiger partial charge on any atom is 0.268 e. The van der Waals surface area contributed by atoms with Crippen molar-refractivity contribution in [3.05, 3.63) is 24.3 Å². The number of hydrogen-bond donors (Lipinski definition) is 2. The van der Waals surface area contributed by atoms with E-state index >= 15 is 0 Å². The monoisotopic (exact) mass is 532 g/mol. The summed E-state index contributed by atoms with van der Waals surface area (Å²) in [4.78, 5) is 23.9. The number of likely N-dealkylation sites (N-methyl/N-ethyl adjacent to an activating group) is 1. The number of rotatable bonds is 23. The first-order valence-electron chi connectivity index (χ1n) is 13.7. The first kappa shape index (κ1) is 35.0. The van der Waals surface area contributed by atoms with Crippen LogP contribution in [-0.4, -0.2) is 68.5 Å². The summed E-state index contributed by atoms with van der Waals surface area (Å²) < 4.78 is 22.4. The van der Waals surface area contributed by atoms with E-state index in [1.54, 1.807) is 13.0 Å². The van der Waals surface area contributed by atoms with Gasteiger partial charge in [0.15, 0.2) is 0 Å². The van der Waals surface area contributed by atoms with Gasteiger partial charge in [-0.3, -0.25) is 9.36 Å². The zero-order valence-electron chi connectivity index (χ0n) is 23.5. The summed E-state index contributed by atoms with van der Waals surface area (Å²) in [5.74, 6) is -0.299. The van der Waals surface area contributed by atoms with Gasteiger partial charge in [-0.1, -0.05) is 83.1 Å². The second-order valence-electron chi connectivity index (χ2n) is 10.3. The highest BCUT2D eigenvalue weighted by Gasteiger charge is 2.22. The molecule has 0 aliphatic carbocycles. The Morgan fingerprint density at radius 2 is 1.53 bits per heavy atom. The number of phosphoric ester groups is 1. The largest absolute Gasteiger partial charge is 0.756 e. The lowest BCUT2D eigenvalue weighted by Crippen LogP contribution is -2.45. The van der Waals surface area contributed by atoms with Crippen LogP contribution in [0.3, 0.4) is 0 Å². The minimum absolute atomic E-state index is 0.00865. The number of amides is 1. The number of nitrogens with zero attached hydrogens (tertiary/aromatic N) is 1. The fraction of sp³-hybridized carbons (Fsp3) is 0.815. The zero-order valence-corrected chi connectivity index (χ0v) is 24.3. The van der Waals surface area contributed by atoms with Gasteiger partial charge in [-0.15, -0.1) is 0 Å². The number of aliphatic hydroxyl groups is 1. The fourth-order valence-corrected chi connectivity index (χ4v) is 4.09. The van der Waals surface area contributed by atoms with Gasteiger partial charge in [-0.25, -0.2) is 0 Å². The number of phosphoric acid groups is 1. The molecule has 0 saturated heterocycles. The highest BCUT2D eigenvalue weighted by molar-refractivity contribution is 7.45. The highest BCUT2D eigenvalue weighted by atomic mass is 31.2. The Kier molecular flexibility index (Phi) is 20.4. The third kappa shape index (κ3) is 22.2. The molecule has 0 rings (SSSR count). The number of allylic oxidation sites excluding steroid dienone is 3. The molecule has 36 heavy (non-hydrogen) atoms. The van der Waals surface area contributed by atoms with Gasteiger partial charge in [0.1, 0.15) is 13.2 Å². The van der Waals surface area contributed by atoms with Crippen LogP contribution in [0.2, 0.25) is 0 Å². The van der Waals surface area contributed by atoms with E-state index in [1.165, 1.54) is 51.4 Å². The number of nitrogens with one attached hydrogen (secondary N) is 1. The molecule has 0 heterocycles. The van der Waals surface area contributed by atoms with Gasteiger partial charge >= 0.3 is 0 Å². The summed E-state index contributed by atoms with van der Waals surface area (Å²) in [6.07, 6.45) is 20.2. The molecule has 0 aliphatic heterocycles. The topological polar surface area (TPSA) is 108 Å². The molecule has 0 aromatic heterocycles. The summed E-state index contributed by atoms with van der Waals surface area (Å²) in [6.45, 7) is 4.00. The van der Waals surface area contributed by atoms with Crippen LogP contribution < -0.4 is 10.2 Å². The third-order valence-corrected chi connectivity index (χ3v) is 6.69. The molecule has 3 unspecified atom stereocenters. The van der Waals surface area contributed by atoms with Gasteiger partial charge in [0.25, 0.3) is 7.82 Å². The van der Waals surface area contributed by atoms with Crippen molar-refractivity contribution in [1.82, 2.24) is 5.32 Å². The van der Waals surface area contributed by atoms with Gasteiger partial charge in [-0.2, -0.15) is 0 Å². The minimum atomic E-state index is -4.54. The van der Waals surface area contributed by atoms with E-state index in [9.17, 15) is 19.4 Å². The molecule has 0 fully saturated rings. The van der Waals surface area contributed by atoms with E-state index in [4.69, 9.17) is 9.05 Å². The number of unbranched alkanes of at least 4 members (excludes halogenated alkanes) is 9. The van der Waals surface area contributed by atoms with Crippen LogP contribution in [0, 0.1) is 0 Å². The number of carbonyl (C=O) groups is 1. The standard InChI is InChI=1S/C27H53N2O6P/c1-6-8-9-10-11-12-13-14-15-16-17-18-19-20-21-26(30)25(28-27(31)7-2)24-35-36(32,33)34-23-22-29(3,4)5/h16-17,20-21,25-26,30H,6-15,18-19,22-24H2,1-5H3,(H-,28,31,32,33)/b17-16+,21-20+. The van der Waals surface area contributed by atoms with E-state index < -0.39 is 26.6 Å². The van der Waals surface area contributed by atoms with Gasteiger partial charge in [0.2, 0.25) is 5.91 Å². The lowest BCUT2D eigenvalue weighted by Gasteiger charge is -2.29. The number of quaternary nitrogens is 1. The van der Waals surface area contributed by atoms with E-state index in [1.807, 2.05) is 27.2 Å². The number of hydrogen-bond acceptors (Lipinski definition) is 6. The summed E-state index contributed by atoms with van der Waals surface area (Å²) in [5, 5.41) is 13.1. The number of carbonyl (C=O) groups excluding carboxylic acids is 1. The maximum atomic E-state index is 12.1. The van der Waals surface area contributed by atoms with E-state index in [2.05, 4.69) is 24.4 Å². The molecule has 1 amide bonds. The first-order chi connectivity index (χ1) is 17.0. The van der Waals surface area contributed by atoms with Crippen molar-refractivity contribution >= 4 is 13.7 Å². The average Bonchev–Trinajstić information content (AvgIpc) is 2.80. The molecule has 8 nitrogen and oxygen atoms in total. The van der Waals surface area contributed by atoms with Crippen molar-refractivity contribution in [2.45, 2.75) is 103 Å².